The Hall–Kier alpha value is -0.940. The molecule has 4 nitrogen and oxygen atoms in total. The smallest absolute Gasteiger partial charge is 0.0842 e. The Kier molecular flexibility index (Phi) is 14.3. The highest BCUT2D eigenvalue weighted by molar-refractivity contribution is 5.13. The van der Waals surface area contributed by atoms with Crippen LogP contribution in [0.3, 0.4) is 0 Å². The average Bonchev–Trinajstić information content (AvgIpc) is 3.55. The van der Waals surface area contributed by atoms with Gasteiger partial charge in [-0.25, -0.2) is 0 Å². The Morgan fingerprint density at radius 3 is 2.06 bits per heavy atom. The summed E-state index contributed by atoms with van der Waals surface area (Å²) < 4.78 is 18.4. The predicted molar refractivity (Wildman–Crippen MR) is 144 cm³/mol. The molecule has 2 saturated heterocycles. The molecule has 1 N–H and O–H groups in total. The minimum absolute atomic E-state index is 0.00955. The van der Waals surface area contributed by atoms with E-state index >= 15 is 0 Å². The van der Waals surface area contributed by atoms with E-state index in [1.165, 1.54) is 76.2 Å². The maximum Gasteiger partial charge on any atom is 0.0842 e. The maximum atomic E-state index is 10.7. The molecule has 0 bridgehead atoms. The molecule has 2 fully saturated rings. The van der Waals surface area contributed by atoms with Crippen molar-refractivity contribution in [2.24, 2.45) is 0 Å². The Bertz CT molecular complexity index is 636. The van der Waals surface area contributed by atoms with Crippen molar-refractivity contribution < 1.29 is 19.3 Å². The summed E-state index contributed by atoms with van der Waals surface area (Å²) in [6.45, 7) is 3.56. The molecule has 0 unspecified atom stereocenters. The number of aliphatic hydroxyl groups is 1. The van der Waals surface area contributed by atoms with Crippen molar-refractivity contribution in [1.29, 1.82) is 0 Å². The third-order valence-corrected chi connectivity index (χ3v) is 7.84. The largest absolute Gasteiger partial charge is 0.390 e. The molecule has 0 amide bonds. The lowest BCUT2D eigenvalue weighted by molar-refractivity contribution is -0.103. The van der Waals surface area contributed by atoms with Gasteiger partial charge in [0.2, 0.25) is 0 Å². The summed E-state index contributed by atoms with van der Waals surface area (Å²) in [5.41, 5.74) is 1.20. The lowest BCUT2D eigenvalue weighted by Crippen LogP contribution is -2.31. The zero-order chi connectivity index (χ0) is 24.6. The highest BCUT2D eigenvalue weighted by atomic mass is 16.6. The molecule has 200 valence electrons. The second-order valence-electron chi connectivity index (χ2n) is 10.9. The van der Waals surface area contributed by atoms with Crippen LogP contribution in [-0.4, -0.2) is 42.2 Å². The summed E-state index contributed by atoms with van der Waals surface area (Å²) in [6, 6.07) is 10.3. The van der Waals surface area contributed by atoms with Crippen LogP contribution >= 0.6 is 0 Å². The van der Waals surface area contributed by atoms with Crippen LogP contribution in [0.25, 0.3) is 0 Å². The summed E-state index contributed by atoms with van der Waals surface area (Å²) in [4.78, 5) is 0. The highest BCUT2D eigenvalue weighted by Crippen LogP contribution is 2.33. The molecule has 5 atom stereocenters. The zero-order valence-corrected chi connectivity index (χ0v) is 22.4. The fourth-order valence-electron chi connectivity index (χ4n) is 5.64. The lowest BCUT2D eigenvalue weighted by atomic mass is 10.0. The van der Waals surface area contributed by atoms with Gasteiger partial charge in [-0.15, -0.1) is 0 Å². The summed E-state index contributed by atoms with van der Waals surface area (Å²) in [5, 5.41) is 10.7. The van der Waals surface area contributed by atoms with E-state index in [0.29, 0.717) is 13.2 Å². The Balaban J connectivity index is 1.16. The van der Waals surface area contributed by atoms with E-state index in [1.54, 1.807) is 0 Å². The minimum Gasteiger partial charge on any atom is -0.390 e. The minimum atomic E-state index is -0.325. The number of aliphatic hydroxyl groups excluding tert-OH is 1. The number of hydrogen-bond acceptors (Lipinski definition) is 4. The molecular weight excluding hydrogens is 436 g/mol. The van der Waals surface area contributed by atoms with Gasteiger partial charge in [-0.2, -0.15) is 0 Å². The number of ether oxygens (including phenoxy) is 3. The van der Waals surface area contributed by atoms with Gasteiger partial charge in [0.05, 0.1) is 43.7 Å². The van der Waals surface area contributed by atoms with Gasteiger partial charge in [0.25, 0.3) is 0 Å². The molecule has 0 aliphatic carbocycles. The Morgan fingerprint density at radius 2 is 1.37 bits per heavy atom. The molecule has 3 rings (SSSR count). The van der Waals surface area contributed by atoms with Crippen LogP contribution in [0.5, 0.6) is 0 Å². The standard InChI is InChI=1S/C31H52O4/c1-2-3-4-5-6-7-8-9-10-11-12-16-19-28(32)29-22-23-31(35-29)30-21-20-27(34-30)25-33-24-26-17-14-13-15-18-26/h13-15,17-18,27-32H,2-12,16,19-25H2,1H3/t27-,28-,29-,30-,31-/m0/s1. The normalized spacial score (nSPS) is 25.3. The third kappa shape index (κ3) is 11.3. The molecule has 35 heavy (non-hydrogen) atoms. The third-order valence-electron chi connectivity index (χ3n) is 7.84. The molecule has 1 aromatic rings. The zero-order valence-electron chi connectivity index (χ0n) is 22.4. The molecule has 2 aliphatic heterocycles. The van der Waals surface area contributed by atoms with Gasteiger partial charge in [0, 0.05) is 0 Å². The monoisotopic (exact) mass is 488 g/mol. The van der Waals surface area contributed by atoms with E-state index in [1.807, 2.05) is 18.2 Å². The van der Waals surface area contributed by atoms with Crippen molar-refractivity contribution in [2.75, 3.05) is 6.61 Å². The van der Waals surface area contributed by atoms with E-state index in [4.69, 9.17) is 14.2 Å². The van der Waals surface area contributed by atoms with Gasteiger partial charge in [0.15, 0.2) is 0 Å². The fraction of sp³-hybridized carbons (Fsp3) is 0.806. The number of benzene rings is 1. The first-order valence-electron chi connectivity index (χ1n) is 14.9. The van der Waals surface area contributed by atoms with Crippen LogP contribution in [0.15, 0.2) is 30.3 Å². The van der Waals surface area contributed by atoms with Crippen LogP contribution in [0.2, 0.25) is 0 Å². The maximum absolute atomic E-state index is 10.7. The van der Waals surface area contributed by atoms with E-state index in [2.05, 4.69) is 19.1 Å². The molecule has 2 aliphatic rings. The van der Waals surface area contributed by atoms with Crippen LogP contribution in [-0.2, 0) is 20.8 Å². The van der Waals surface area contributed by atoms with Gasteiger partial charge in [-0.3, -0.25) is 0 Å². The SMILES string of the molecule is CCCCCCCCCCCCCC[C@H](O)[C@@H]1CC[C@@H]([C@@H]2CC[C@@H](COCc3ccccc3)O2)O1. The van der Waals surface area contributed by atoms with Gasteiger partial charge < -0.3 is 19.3 Å². The van der Waals surface area contributed by atoms with E-state index in [-0.39, 0.29) is 30.5 Å². The van der Waals surface area contributed by atoms with Crippen LogP contribution in [0, 0.1) is 0 Å². The van der Waals surface area contributed by atoms with Gasteiger partial charge >= 0.3 is 0 Å². The number of rotatable bonds is 19. The average molecular weight is 489 g/mol. The Labute approximate surface area is 215 Å². The van der Waals surface area contributed by atoms with Crippen molar-refractivity contribution in [3.05, 3.63) is 35.9 Å². The van der Waals surface area contributed by atoms with Crippen LogP contribution in [0.4, 0.5) is 0 Å². The Morgan fingerprint density at radius 1 is 0.771 bits per heavy atom. The fourth-order valence-corrected chi connectivity index (χ4v) is 5.64. The first-order valence-corrected chi connectivity index (χ1v) is 14.9. The van der Waals surface area contributed by atoms with Gasteiger partial charge in [-0.1, -0.05) is 114 Å². The van der Waals surface area contributed by atoms with Crippen molar-refractivity contribution in [2.45, 2.75) is 153 Å². The predicted octanol–water partition coefficient (Wildman–Crippen LogP) is 7.75. The first kappa shape index (κ1) is 28.6. The van der Waals surface area contributed by atoms with Crippen LogP contribution < -0.4 is 0 Å². The van der Waals surface area contributed by atoms with Crippen molar-refractivity contribution >= 4 is 0 Å². The first-order chi connectivity index (χ1) is 17.3. The molecule has 0 saturated carbocycles. The van der Waals surface area contributed by atoms with Crippen LogP contribution in [0.1, 0.15) is 122 Å². The highest BCUT2D eigenvalue weighted by Gasteiger charge is 2.39. The van der Waals surface area contributed by atoms with Crippen molar-refractivity contribution in [3.63, 3.8) is 0 Å². The van der Waals surface area contributed by atoms with E-state index in [0.717, 1.165) is 38.5 Å². The molecule has 0 radical (unpaired) electrons. The second-order valence-corrected chi connectivity index (χ2v) is 10.9. The summed E-state index contributed by atoms with van der Waals surface area (Å²) >= 11 is 0. The van der Waals surface area contributed by atoms with Crippen molar-refractivity contribution in [1.82, 2.24) is 0 Å². The molecule has 0 spiro atoms. The molecule has 4 heteroatoms. The summed E-state index contributed by atoms with van der Waals surface area (Å²) in [7, 11) is 0. The van der Waals surface area contributed by atoms with Crippen molar-refractivity contribution in [3.8, 4) is 0 Å². The lowest BCUT2D eigenvalue weighted by Gasteiger charge is -2.23. The number of unbranched alkanes of at least 4 members (excludes halogenated alkanes) is 11. The second kappa shape index (κ2) is 17.5. The molecule has 0 aromatic heterocycles. The molecular formula is C31H52O4. The van der Waals surface area contributed by atoms with Gasteiger partial charge in [0.1, 0.15) is 0 Å². The van der Waals surface area contributed by atoms with Gasteiger partial charge in [-0.05, 0) is 37.7 Å². The molecule has 1 aromatic carbocycles. The quantitative estimate of drug-likeness (QED) is 0.202. The summed E-state index contributed by atoms with van der Waals surface area (Å²) in [5.74, 6) is 0. The number of hydrogen-bond donors (Lipinski definition) is 1. The summed E-state index contributed by atoms with van der Waals surface area (Å²) in [6.07, 6.45) is 21.2. The molecule has 2 heterocycles. The van der Waals surface area contributed by atoms with E-state index < -0.39 is 0 Å². The topological polar surface area (TPSA) is 47.9 Å². The van der Waals surface area contributed by atoms with E-state index in [9.17, 15) is 5.11 Å².